The van der Waals surface area contributed by atoms with Gasteiger partial charge in [-0.1, -0.05) is 0 Å². The Balaban J connectivity index is 0.596. The van der Waals surface area contributed by atoms with E-state index in [1.807, 2.05) is 9.97 Å². The van der Waals surface area contributed by atoms with E-state index in [4.69, 9.17) is 116 Å². The van der Waals surface area contributed by atoms with Gasteiger partial charge >= 0.3 is 69.7 Å². The van der Waals surface area contributed by atoms with Crippen molar-refractivity contribution in [2.75, 3.05) is 74.9 Å². The van der Waals surface area contributed by atoms with E-state index in [1.165, 1.54) is 0 Å². The fourth-order valence-electron chi connectivity index (χ4n) is 16.3. The predicted octanol–water partition coefficient (Wildman–Crippen LogP) is -10.2. The summed E-state index contributed by atoms with van der Waals surface area (Å²) in [4.78, 5) is 214. The standard InChI is InChI=1S/C66H83N25O47P6/c67-29-1-5-85(63(104)77-29)56-39(97)44(22(10-92)127-56)134-141(112,113)122-16-28-48(43(101)60(132-28)91-20-76-36-52(91)82-62(71)84-54(36)103)138-144(118,119)124-14-26-46(41(99)58(130-26)88-8-4-32(94)80-66(88)107)136-142(114,115)125-15-27-47(42(100)59(131-27)90-19-74-34-49(69)72-17-73-50(34)90)137-143(116,117)123-13-25-45(40(98)57(129-25)86-6-2-30(68)78-64(86)105)135-140(110,111)120-11-23-21(9-33(126-23)89-18-75-35-51(89)81-61(70)83-53(35)102)133-139(108,109)121-12-24-37(95)38(96)55(128-24)87-7-3-31(93)79-65(87)106/h1-8,17-28,33,37-48,55-60,92,95-101H,9-16H2,(H,108,109)(H,110,111)(H,112,113)(H,114,115)(H,116,117)(H,118,119)(H2,67,77,104)(H2,68,78,105)(H2,69,72,73)(H,79,93,106)(H,80,94,107)(H3,70,81,83,102)(H3,71,82,84,103)/t21?,22-,23-,24-,25-,26-,27-,28-,33-,37?,38+,39+,40+,41+,42+,43+,44?,45?,46?,47?,48?,55-,56-,57-,58-,59-,60-/m1/s1. The van der Waals surface area contributed by atoms with Gasteiger partial charge in [0.05, 0.1) is 65.2 Å². The number of fused-ring (bicyclic) bond motifs is 3. The number of rotatable bonds is 38. The van der Waals surface area contributed by atoms with E-state index in [0.717, 1.165) is 88.1 Å². The van der Waals surface area contributed by atoms with Gasteiger partial charge in [0.2, 0.25) is 11.9 Å². The van der Waals surface area contributed by atoms with Crippen LogP contribution in [0.25, 0.3) is 33.5 Å². The molecule has 17 heterocycles. The van der Waals surface area contributed by atoms with Crippen LogP contribution in [0.5, 0.6) is 0 Å². The highest BCUT2D eigenvalue weighted by Gasteiger charge is 2.59. The second kappa shape index (κ2) is 40.9. The molecule has 0 aliphatic carbocycles. The minimum Gasteiger partial charge on any atom is -0.394 e. The molecule has 7 aliphatic heterocycles. The SMILES string of the molecule is Nc1ccn([C@@H]2O[C@H](CO)C(OP(=O)(O)OC[C@H]3O[C@@H](n4cnc5c(=O)[nH]c(N)nc54)[C@@H](O)C3OP(=O)(O)OC[C@H]3O[C@@H](n4ccc(=O)[nH]c4=O)[C@@H](O)C3OP(=O)(O)OC[C@H]3O[C@@H](n4cnc5c(N)ncnc54)[C@@H](O)C3OP(=O)(O)OC[C@H]3O[C@@H](n4ccc(N)nc4=O)[C@@H](O)C3OP(=O)(O)OC[C@H]3O[C@@H](n4cnc5c(=O)[nH]c(N)nc54)CC3OP(=O)(O)OC[C@H]3O[C@@H](n4ccc(=O)[nH]c4=O)[C@@H](O)C3O)[C@@H]2O)c(=O)n1. The largest absolute Gasteiger partial charge is 0.472 e. The van der Waals surface area contributed by atoms with E-state index < -0.39 is 339 Å². The Hall–Kier alpha value is -10.6. The molecule has 144 heavy (non-hydrogen) atoms. The molecule has 7 saturated heterocycles. The molecule has 72 nitrogen and oxygen atoms in total. The Bertz CT molecular complexity index is 7330. The number of hydrogen-bond donors (Lipinski definition) is 23. The number of H-pyrrole nitrogens is 4. The first-order valence-corrected chi connectivity index (χ1v) is 50.5. The van der Waals surface area contributed by atoms with Gasteiger partial charge in [-0.15, -0.1) is 0 Å². The Kier molecular flexibility index (Phi) is 29.8. The van der Waals surface area contributed by atoms with Crippen molar-refractivity contribution in [3.63, 3.8) is 0 Å². The lowest BCUT2D eigenvalue weighted by Gasteiger charge is -2.27. The molecule has 78 heteroatoms. The first-order valence-electron chi connectivity index (χ1n) is 41.5. The van der Waals surface area contributed by atoms with Crippen LogP contribution >= 0.6 is 46.9 Å². The van der Waals surface area contributed by atoms with Crippen molar-refractivity contribution < 1.29 is 185 Å². The fourth-order valence-corrected chi connectivity index (χ4v) is 22.1. The van der Waals surface area contributed by atoms with E-state index in [1.54, 1.807) is 0 Å². The number of phosphoric acid groups is 6. The molecule has 10 aromatic rings. The molecular formula is C66H83N25O47P6. The zero-order valence-corrected chi connectivity index (χ0v) is 77.5. The maximum Gasteiger partial charge on any atom is 0.472 e. The summed E-state index contributed by atoms with van der Waals surface area (Å²) in [6.45, 7) is -9.24. The molecule has 13 unspecified atom stereocenters. The number of aromatic amines is 4. The van der Waals surface area contributed by atoms with E-state index in [-0.39, 0.29) is 34.0 Å². The third-order valence-electron chi connectivity index (χ3n) is 22.8. The molecule has 7 fully saturated rings. The van der Waals surface area contributed by atoms with Crippen LogP contribution in [0.2, 0.25) is 0 Å². The second-order valence-electron chi connectivity index (χ2n) is 32.2. The van der Waals surface area contributed by atoms with Gasteiger partial charge in [0.25, 0.3) is 22.2 Å². The third-order valence-corrected chi connectivity index (χ3v) is 28.8. The first kappa shape index (κ1) is 105. The minimum atomic E-state index is -6.10. The lowest BCUT2D eigenvalue weighted by molar-refractivity contribution is -0.0661. The Morgan fingerprint density at radius 1 is 0.347 bits per heavy atom. The summed E-state index contributed by atoms with van der Waals surface area (Å²) >= 11 is 0. The van der Waals surface area contributed by atoms with Crippen LogP contribution in [0.3, 0.4) is 0 Å². The van der Waals surface area contributed by atoms with Crippen LogP contribution in [-0.2, 0) is 115 Å². The number of nitrogens with one attached hydrogen (secondary N) is 4. The average molecular weight is 2160 g/mol. The number of hydrogen-bond acceptors (Lipinski definition) is 55. The number of nitrogens with zero attached hydrogens (tertiary/aromatic N) is 16. The van der Waals surface area contributed by atoms with Crippen molar-refractivity contribution in [2.45, 2.75) is 172 Å². The molecular weight excluding hydrogens is 2080 g/mol. The third kappa shape index (κ3) is 22.1. The molecule has 33 atom stereocenters. The van der Waals surface area contributed by atoms with Crippen molar-refractivity contribution >= 4 is 110 Å². The number of imidazole rings is 3. The average Bonchev–Trinajstić information content (AvgIpc) is 1.61. The van der Waals surface area contributed by atoms with Crippen molar-refractivity contribution in [1.29, 1.82) is 0 Å². The quantitative estimate of drug-likeness (QED) is 0.0160. The lowest BCUT2D eigenvalue weighted by atomic mass is 10.1. The van der Waals surface area contributed by atoms with Gasteiger partial charge in [0, 0.05) is 43.3 Å². The maximum absolute atomic E-state index is 14.6. The molecule has 0 radical (unpaired) electrons. The van der Waals surface area contributed by atoms with E-state index in [0.29, 0.717) is 18.3 Å². The number of nitrogens with two attached hydrogens (primary N) is 5. The molecule has 0 saturated carbocycles. The minimum absolute atomic E-state index is 0.163. The summed E-state index contributed by atoms with van der Waals surface area (Å²) < 4.78 is 196. The maximum atomic E-state index is 14.6. The van der Waals surface area contributed by atoms with Crippen LogP contribution in [0.4, 0.5) is 29.4 Å². The molecule has 0 bridgehead atoms. The molecule has 10 aromatic heterocycles. The van der Waals surface area contributed by atoms with Crippen LogP contribution in [-0.4, -0.2) is 335 Å². The van der Waals surface area contributed by atoms with Crippen LogP contribution in [0.1, 0.15) is 50.0 Å². The van der Waals surface area contributed by atoms with Gasteiger partial charge in [0.15, 0.2) is 71.2 Å². The molecule has 28 N–H and O–H groups in total. The number of aliphatic hydroxyl groups is 8. The molecule has 784 valence electrons. The molecule has 7 aliphatic rings. The van der Waals surface area contributed by atoms with Crippen LogP contribution in [0.15, 0.2) is 113 Å². The van der Waals surface area contributed by atoms with Crippen molar-refractivity contribution in [3.8, 4) is 0 Å². The normalized spacial score (nSPS) is 32.4. The number of aromatic nitrogens is 20. The summed E-state index contributed by atoms with van der Waals surface area (Å²) in [7, 11) is -35.4. The second-order valence-corrected chi connectivity index (χ2v) is 40.6. The number of phosphoric ester groups is 6. The Morgan fingerprint density at radius 2 is 0.674 bits per heavy atom. The monoisotopic (exact) mass is 2160 g/mol. The fraction of sp³-hybridized carbons (Fsp3) is 0.530. The Morgan fingerprint density at radius 3 is 1.08 bits per heavy atom. The van der Waals surface area contributed by atoms with Gasteiger partial charge in [-0.3, -0.25) is 125 Å². The lowest BCUT2D eigenvalue weighted by Crippen LogP contribution is -2.39. The molecule has 0 amide bonds. The van der Waals surface area contributed by atoms with Crippen molar-refractivity contribution in [2.24, 2.45) is 0 Å². The van der Waals surface area contributed by atoms with Gasteiger partial charge in [0.1, 0.15) is 152 Å². The first-order chi connectivity index (χ1) is 67.9. The van der Waals surface area contributed by atoms with Gasteiger partial charge in [-0.05, 0) is 12.1 Å². The predicted molar refractivity (Wildman–Crippen MR) is 458 cm³/mol. The van der Waals surface area contributed by atoms with Crippen LogP contribution in [0, 0.1) is 0 Å². The zero-order chi connectivity index (χ0) is 103. The topological polar surface area (TPSA) is 1040 Å². The summed E-state index contributed by atoms with van der Waals surface area (Å²) in [6.07, 6.45) is -49.7. The van der Waals surface area contributed by atoms with Crippen LogP contribution < -0.4 is 73.7 Å². The highest BCUT2D eigenvalue weighted by molar-refractivity contribution is 7.48. The molecule has 17 rings (SSSR count). The van der Waals surface area contributed by atoms with Gasteiger partial charge in [-0.25, -0.2) is 71.5 Å². The summed E-state index contributed by atoms with van der Waals surface area (Å²) in [5.41, 5.74) is 18.6. The van der Waals surface area contributed by atoms with Gasteiger partial charge in [-0.2, -0.15) is 19.9 Å². The summed E-state index contributed by atoms with van der Waals surface area (Å²) in [5, 5.41) is 91.3. The molecule has 0 aromatic carbocycles. The number of aliphatic hydroxyl groups excluding tert-OH is 8. The van der Waals surface area contributed by atoms with Crippen molar-refractivity contribution in [3.05, 3.63) is 158 Å². The summed E-state index contributed by atoms with van der Waals surface area (Å²) in [6, 6.07) is 3.73. The van der Waals surface area contributed by atoms with E-state index in [9.17, 15) is 136 Å². The summed E-state index contributed by atoms with van der Waals surface area (Å²) in [5.74, 6) is -1.89. The highest BCUT2D eigenvalue weighted by Crippen LogP contribution is 2.58. The smallest absolute Gasteiger partial charge is 0.394 e. The van der Waals surface area contributed by atoms with E-state index >= 15 is 0 Å². The number of ether oxygens (including phenoxy) is 7. The number of nitrogen functional groups attached to an aromatic ring is 5. The zero-order valence-electron chi connectivity index (χ0n) is 72.1. The number of anilines is 5. The van der Waals surface area contributed by atoms with E-state index in [2.05, 4.69) is 54.8 Å². The highest BCUT2D eigenvalue weighted by atomic mass is 31.2. The van der Waals surface area contributed by atoms with Crippen molar-refractivity contribution in [1.82, 2.24) is 96.8 Å². The van der Waals surface area contributed by atoms with Gasteiger partial charge < -0.3 is 132 Å². The molecule has 0 spiro atoms. The Labute approximate surface area is 793 Å².